The van der Waals surface area contributed by atoms with Crippen molar-refractivity contribution in [1.29, 1.82) is 0 Å². The minimum Gasteiger partial charge on any atom is -0.405 e. The molecule has 0 bridgehead atoms. The maximum absolute atomic E-state index is 7.19. The number of ether oxygens (including phenoxy) is 4. The molecule has 0 spiro atoms. The number of hydrogen-bond donors (Lipinski definition) is 0. The fourth-order valence-corrected chi connectivity index (χ4v) is 10.2. The van der Waals surface area contributed by atoms with Crippen molar-refractivity contribution in [2.24, 2.45) is 0 Å². The van der Waals surface area contributed by atoms with E-state index in [1.807, 2.05) is 32.1 Å². The third kappa shape index (κ3) is 4.72. The Morgan fingerprint density at radius 1 is 1.03 bits per heavy atom. The summed E-state index contributed by atoms with van der Waals surface area (Å²) in [5.41, 5.74) is -0.877. The number of benzene rings is 2. The van der Waals surface area contributed by atoms with Crippen LogP contribution in [0.2, 0.25) is 5.04 Å². The van der Waals surface area contributed by atoms with Crippen LogP contribution < -0.4 is 10.4 Å². The molecule has 0 saturated carbocycles. The van der Waals surface area contributed by atoms with E-state index < -0.39 is 38.2 Å². The van der Waals surface area contributed by atoms with Gasteiger partial charge in [-0.2, -0.15) is 0 Å². The molecule has 5 nitrogen and oxygen atoms in total. The molecule has 4 atom stereocenters. The minimum absolute atomic E-state index is 0.125. The summed E-state index contributed by atoms with van der Waals surface area (Å²) in [6.45, 7) is 14.9. The average Bonchev–Trinajstić information content (AvgIpc) is 3.29. The van der Waals surface area contributed by atoms with Crippen molar-refractivity contribution in [2.75, 3.05) is 13.2 Å². The van der Waals surface area contributed by atoms with Crippen LogP contribution in [0.15, 0.2) is 73.3 Å². The quantitative estimate of drug-likeness (QED) is 0.287. The van der Waals surface area contributed by atoms with Gasteiger partial charge in [0.2, 0.25) is 0 Å². The predicted molar refractivity (Wildman–Crippen MR) is 145 cm³/mol. The highest BCUT2D eigenvalue weighted by Gasteiger charge is 2.64. The predicted octanol–water partition coefficient (Wildman–Crippen LogP) is 4.40. The van der Waals surface area contributed by atoms with Crippen LogP contribution in [-0.4, -0.2) is 51.4 Å². The van der Waals surface area contributed by atoms with Gasteiger partial charge in [-0.05, 0) is 35.7 Å². The minimum atomic E-state index is -2.78. The third-order valence-electron chi connectivity index (χ3n) is 7.14. The Bertz CT molecular complexity index is 1030. The van der Waals surface area contributed by atoms with Gasteiger partial charge in [-0.25, -0.2) is 0 Å². The van der Waals surface area contributed by atoms with Gasteiger partial charge in [0.05, 0.1) is 6.61 Å². The average molecular weight is 507 g/mol. The second-order valence-corrected chi connectivity index (χ2v) is 15.3. The summed E-state index contributed by atoms with van der Waals surface area (Å²) in [6, 6.07) is 21.1. The summed E-state index contributed by atoms with van der Waals surface area (Å²) in [5, 5.41) is 2.24. The molecule has 2 aromatic carbocycles. The molecule has 6 heteroatoms. The number of fused-ring (bicyclic) bond motifs is 1. The van der Waals surface area contributed by atoms with Crippen molar-refractivity contribution in [3.05, 3.63) is 73.3 Å². The molecular weight excluding hydrogens is 468 g/mol. The molecule has 0 N–H and O–H groups in total. The molecule has 2 aliphatic heterocycles. The Morgan fingerprint density at radius 2 is 1.61 bits per heavy atom. The fourth-order valence-electron chi connectivity index (χ4n) is 5.65. The highest BCUT2D eigenvalue weighted by atomic mass is 28.4. The Balaban J connectivity index is 1.76. The first-order valence-electron chi connectivity index (χ1n) is 12.5. The van der Waals surface area contributed by atoms with Gasteiger partial charge in [0.1, 0.15) is 24.4 Å². The van der Waals surface area contributed by atoms with E-state index in [0.717, 1.165) is 0 Å². The van der Waals surface area contributed by atoms with Gasteiger partial charge < -0.3 is 23.4 Å². The monoisotopic (exact) mass is 506 g/mol. The molecule has 0 unspecified atom stereocenters. The SMILES string of the molecule is C#CCO[C@@]1(CC=C)[C@@H]2OC(C)(C)O[C@@H]2O[C@@H]1CO[Si](c1ccccc1)(c1ccccc1)C(C)(C)C. The third-order valence-corrected chi connectivity index (χ3v) is 12.1. The molecule has 4 rings (SSSR count). The standard InChI is InChI=1S/C30H38O5Si/c1-8-20-30(31-21-9-2)25(33-27-26(30)34-29(6,7)35-27)22-32-36(28(3,4)5,23-16-12-10-13-17-23)24-18-14-11-15-19-24/h2,8,10-19,25-27H,1,20-22H2,3-7H3/t25-,26-,27+,30-/m1/s1. The Morgan fingerprint density at radius 3 is 2.11 bits per heavy atom. The van der Waals surface area contributed by atoms with Crippen molar-refractivity contribution >= 4 is 18.7 Å². The summed E-state index contributed by atoms with van der Waals surface area (Å²) in [7, 11) is -2.78. The van der Waals surface area contributed by atoms with E-state index in [9.17, 15) is 0 Å². The number of terminal acetylenes is 1. The van der Waals surface area contributed by atoms with E-state index >= 15 is 0 Å². The largest absolute Gasteiger partial charge is 0.405 e. The Kier molecular flexibility index (Phi) is 7.64. The van der Waals surface area contributed by atoms with Gasteiger partial charge in [-0.15, -0.1) is 13.0 Å². The second-order valence-electron chi connectivity index (χ2n) is 11.0. The molecule has 2 heterocycles. The lowest BCUT2D eigenvalue weighted by Crippen LogP contribution is -2.67. The fraction of sp³-hybridized carbons (Fsp3) is 0.467. The van der Waals surface area contributed by atoms with Crippen LogP contribution in [0.5, 0.6) is 0 Å². The van der Waals surface area contributed by atoms with E-state index in [1.54, 1.807) is 0 Å². The Labute approximate surface area is 216 Å². The van der Waals surface area contributed by atoms with Crippen LogP contribution >= 0.6 is 0 Å². The van der Waals surface area contributed by atoms with Crippen molar-refractivity contribution in [2.45, 2.75) is 76.0 Å². The normalized spacial score (nSPS) is 27.4. The topological polar surface area (TPSA) is 46.2 Å². The molecule has 36 heavy (non-hydrogen) atoms. The van der Waals surface area contributed by atoms with Crippen LogP contribution in [0.4, 0.5) is 0 Å². The first kappa shape index (κ1) is 26.8. The first-order valence-corrected chi connectivity index (χ1v) is 14.4. The zero-order valence-electron chi connectivity index (χ0n) is 22.0. The van der Waals surface area contributed by atoms with Gasteiger partial charge in [-0.1, -0.05) is 93.4 Å². The van der Waals surface area contributed by atoms with E-state index in [1.165, 1.54) is 10.4 Å². The summed E-state index contributed by atoms with van der Waals surface area (Å²) >= 11 is 0. The lowest BCUT2D eigenvalue weighted by atomic mass is 9.88. The van der Waals surface area contributed by atoms with Gasteiger partial charge >= 0.3 is 0 Å². The second kappa shape index (κ2) is 10.3. The summed E-state index contributed by atoms with van der Waals surface area (Å²) < 4.78 is 32.4. The van der Waals surface area contributed by atoms with Crippen molar-refractivity contribution < 1.29 is 23.4 Å². The van der Waals surface area contributed by atoms with Crippen molar-refractivity contribution in [1.82, 2.24) is 0 Å². The first-order chi connectivity index (χ1) is 17.1. The van der Waals surface area contributed by atoms with Gasteiger partial charge in [0, 0.05) is 0 Å². The number of hydrogen-bond acceptors (Lipinski definition) is 5. The zero-order valence-corrected chi connectivity index (χ0v) is 23.0. The van der Waals surface area contributed by atoms with Crippen LogP contribution in [0, 0.1) is 12.3 Å². The molecular formula is C30H38O5Si. The number of rotatable bonds is 9. The smallest absolute Gasteiger partial charge is 0.261 e. The van der Waals surface area contributed by atoms with Crippen LogP contribution in [0.25, 0.3) is 0 Å². The molecule has 2 saturated heterocycles. The van der Waals surface area contributed by atoms with Crippen LogP contribution in [-0.2, 0) is 23.4 Å². The zero-order chi connectivity index (χ0) is 26.0. The summed E-state index contributed by atoms with van der Waals surface area (Å²) in [4.78, 5) is 0. The van der Waals surface area contributed by atoms with E-state index in [0.29, 0.717) is 13.0 Å². The van der Waals surface area contributed by atoms with Gasteiger partial charge in [0.25, 0.3) is 8.32 Å². The lowest BCUT2D eigenvalue weighted by Gasteiger charge is -2.45. The van der Waals surface area contributed by atoms with E-state index in [4.69, 9.17) is 29.8 Å². The summed E-state index contributed by atoms with van der Waals surface area (Å²) in [5.74, 6) is 1.82. The molecule has 2 fully saturated rings. The maximum atomic E-state index is 7.19. The van der Waals surface area contributed by atoms with Gasteiger partial charge in [0.15, 0.2) is 12.1 Å². The Hall–Kier alpha value is -2.24. The van der Waals surface area contributed by atoms with E-state index in [-0.39, 0.29) is 11.6 Å². The van der Waals surface area contributed by atoms with E-state index in [2.05, 4.69) is 81.8 Å². The summed E-state index contributed by atoms with van der Waals surface area (Å²) in [6.07, 6.45) is 6.44. The molecule has 192 valence electrons. The van der Waals surface area contributed by atoms with Crippen molar-refractivity contribution in [3.63, 3.8) is 0 Å². The van der Waals surface area contributed by atoms with Crippen molar-refractivity contribution in [3.8, 4) is 12.3 Å². The molecule has 0 amide bonds. The van der Waals surface area contributed by atoms with Crippen LogP contribution in [0.3, 0.4) is 0 Å². The highest BCUT2D eigenvalue weighted by molar-refractivity contribution is 6.99. The maximum Gasteiger partial charge on any atom is 0.261 e. The molecule has 2 aliphatic rings. The van der Waals surface area contributed by atoms with Crippen LogP contribution in [0.1, 0.15) is 41.0 Å². The highest BCUT2D eigenvalue weighted by Crippen LogP contribution is 2.47. The molecule has 0 aromatic heterocycles. The van der Waals surface area contributed by atoms with Gasteiger partial charge in [-0.3, -0.25) is 0 Å². The molecule has 2 aromatic rings. The molecule has 0 aliphatic carbocycles. The molecule has 0 radical (unpaired) electrons. The lowest BCUT2D eigenvalue weighted by molar-refractivity contribution is -0.238.